The van der Waals surface area contributed by atoms with Gasteiger partial charge in [-0.1, -0.05) is 11.2 Å². The molecule has 0 atom stereocenters. The van der Waals surface area contributed by atoms with Gasteiger partial charge in [-0.3, -0.25) is 9.78 Å². The summed E-state index contributed by atoms with van der Waals surface area (Å²) in [4.78, 5) is 18.7. The highest BCUT2D eigenvalue weighted by Gasteiger charge is 2.49. The molecule has 0 unspecified atom stereocenters. The van der Waals surface area contributed by atoms with Gasteiger partial charge < -0.3 is 9.42 Å². The molecule has 2 aromatic heterocycles. The minimum absolute atomic E-state index is 0.106. The second kappa shape index (κ2) is 5.75. The average molecular weight is 322 g/mol. The number of carbonyl (C=O) groups is 1. The van der Waals surface area contributed by atoms with E-state index in [-0.39, 0.29) is 17.1 Å². The fourth-order valence-corrected chi connectivity index (χ4v) is 4.05. The summed E-state index contributed by atoms with van der Waals surface area (Å²) in [6.45, 7) is 1.51. The Morgan fingerprint density at radius 2 is 2.29 bits per heavy atom. The van der Waals surface area contributed by atoms with Crippen molar-refractivity contribution < 1.29 is 9.32 Å². The summed E-state index contributed by atoms with van der Waals surface area (Å²) in [5, 5.41) is 12.7. The van der Waals surface area contributed by atoms with Crippen LogP contribution in [-0.4, -0.2) is 34.0 Å². The van der Waals surface area contributed by atoms with Crippen LogP contribution in [0.25, 0.3) is 11.4 Å². The number of nitriles is 1. The Morgan fingerprint density at radius 1 is 1.42 bits per heavy atom. The number of amides is 1. The maximum absolute atomic E-state index is 12.6. The Labute approximate surface area is 140 Å². The lowest BCUT2D eigenvalue weighted by Crippen LogP contribution is -2.40. The number of hydrogen-bond acceptors (Lipinski definition) is 5. The zero-order valence-electron chi connectivity index (χ0n) is 13.3. The van der Waals surface area contributed by atoms with Gasteiger partial charge in [0.25, 0.3) is 5.91 Å². The van der Waals surface area contributed by atoms with E-state index in [1.54, 1.807) is 12.3 Å². The van der Waals surface area contributed by atoms with Crippen molar-refractivity contribution in [2.75, 3.05) is 13.1 Å². The van der Waals surface area contributed by atoms with E-state index in [9.17, 15) is 4.79 Å². The molecule has 24 heavy (non-hydrogen) atoms. The van der Waals surface area contributed by atoms with Crippen LogP contribution in [0.2, 0.25) is 0 Å². The standard InChI is InChI=1S/C18H18N4O2/c19-6-4-13-10-18(11-13)5-8-22(12-18)17(23)16-9-15(21-24-16)14-3-1-2-7-20-14/h1-3,7,9,13H,4-5,8,10-12H2. The van der Waals surface area contributed by atoms with Gasteiger partial charge in [0.05, 0.1) is 11.8 Å². The Kier molecular flexibility index (Phi) is 3.57. The first-order chi connectivity index (χ1) is 11.7. The van der Waals surface area contributed by atoms with Crippen molar-refractivity contribution in [2.45, 2.75) is 25.7 Å². The predicted molar refractivity (Wildman–Crippen MR) is 85.6 cm³/mol. The molecular weight excluding hydrogens is 304 g/mol. The number of rotatable bonds is 3. The molecule has 2 aromatic rings. The first-order valence-corrected chi connectivity index (χ1v) is 8.23. The Morgan fingerprint density at radius 3 is 3.04 bits per heavy atom. The van der Waals surface area contributed by atoms with Crippen molar-refractivity contribution in [1.82, 2.24) is 15.0 Å². The quantitative estimate of drug-likeness (QED) is 0.867. The van der Waals surface area contributed by atoms with Gasteiger partial charge in [0, 0.05) is 31.8 Å². The third-order valence-corrected chi connectivity index (χ3v) is 5.20. The molecule has 1 spiro atoms. The van der Waals surface area contributed by atoms with Crippen LogP contribution in [-0.2, 0) is 0 Å². The minimum atomic E-state index is -0.106. The molecule has 122 valence electrons. The summed E-state index contributed by atoms with van der Waals surface area (Å²) in [7, 11) is 0. The highest BCUT2D eigenvalue weighted by atomic mass is 16.5. The third-order valence-electron chi connectivity index (χ3n) is 5.20. The van der Waals surface area contributed by atoms with Gasteiger partial charge in [0.15, 0.2) is 0 Å². The van der Waals surface area contributed by atoms with Crippen LogP contribution in [0.4, 0.5) is 0 Å². The van der Waals surface area contributed by atoms with Crippen molar-refractivity contribution in [2.24, 2.45) is 11.3 Å². The molecule has 2 fully saturated rings. The van der Waals surface area contributed by atoms with Gasteiger partial charge >= 0.3 is 0 Å². The molecule has 2 aliphatic rings. The lowest BCUT2D eigenvalue weighted by atomic mass is 9.61. The van der Waals surface area contributed by atoms with E-state index in [4.69, 9.17) is 9.78 Å². The van der Waals surface area contributed by atoms with Crippen molar-refractivity contribution in [3.05, 3.63) is 36.2 Å². The van der Waals surface area contributed by atoms with Crippen LogP contribution < -0.4 is 0 Å². The molecule has 0 N–H and O–H groups in total. The average Bonchev–Trinajstić information content (AvgIpc) is 3.23. The topological polar surface area (TPSA) is 83.0 Å². The SMILES string of the molecule is N#CCC1CC2(CCN(C(=O)c3cc(-c4ccccn4)no3)C2)C1. The second-order valence-electron chi connectivity index (χ2n) is 6.90. The minimum Gasteiger partial charge on any atom is -0.350 e. The van der Waals surface area contributed by atoms with E-state index in [1.165, 1.54) is 0 Å². The largest absolute Gasteiger partial charge is 0.350 e. The summed E-state index contributed by atoms with van der Waals surface area (Å²) in [6.07, 6.45) is 5.44. The monoisotopic (exact) mass is 322 g/mol. The molecule has 1 saturated carbocycles. The van der Waals surface area contributed by atoms with Crippen molar-refractivity contribution in [1.29, 1.82) is 5.26 Å². The van der Waals surface area contributed by atoms with Crippen LogP contribution in [0.15, 0.2) is 35.0 Å². The summed E-state index contributed by atoms with van der Waals surface area (Å²) in [6, 6.07) is 9.44. The lowest BCUT2D eigenvalue weighted by Gasteiger charge is -2.44. The third kappa shape index (κ3) is 2.56. The molecule has 0 bridgehead atoms. The molecule has 0 radical (unpaired) electrons. The van der Waals surface area contributed by atoms with E-state index >= 15 is 0 Å². The van der Waals surface area contributed by atoms with Crippen LogP contribution in [0.1, 0.15) is 36.2 Å². The fraction of sp³-hybridized carbons (Fsp3) is 0.444. The number of hydrogen-bond donors (Lipinski definition) is 0. The molecule has 6 heteroatoms. The van der Waals surface area contributed by atoms with Crippen LogP contribution >= 0.6 is 0 Å². The predicted octanol–water partition coefficient (Wildman–Crippen LogP) is 2.89. The number of aromatic nitrogens is 2. The molecular formula is C18H18N4O2. The zero-order valence-corrected chi connectivity index (χ0v) is 13.3. The molecule has 4 rings (SSSR count). The van der Waals surface area contributed by atoms with E-state index in [0.29, 0.717) is 23.7 Å². The van der Waals surface area contributed by atoms with Crippen LogP contribution in [0.3, 0.4) is 0 Å². The molecule has 1 aliphatic carbocycles. The summed E-state index contributed by atoms with van der Waals surface area (Å²) in [5.41, 5.74) is 1.49. The number of likely N-dealkylation sites (tertiary alicyclic amines) is 1. The Balaban J connectivity index is 1.43. The Bertz CT molecular complexity index is 787. The first kappa shape index (κ1) is 14.9. The van der Waals surface area contributed by atoms with Gasteiger partial charge in [-0.25, -0.2) is 0 Å². The van der Waals surface area contributed by atoms with Gasteiger partial charge in [-0.2, -0.15) is 5.26 Å². The molecule has 3 heterocycles. The normalized spacial score (nSPS) is 25.5. The summed E-state index contributed by atoms with van der Waals surface area (Å²) < 4.78 is 5.25. The van der Waals surface area contributed by atoms with E-state index in [2.05, 4.69) is 16.2 Å². The van der Waals surface area contributed by atoms with Crippen LogP contribution in [0.5, 0.6) is 0 Å². The van der Waals surface area contributed by atoms with Gasteiger partial charge in [-0.15, -0.1) is 0 Å². The summed E-state index contributed by atoms with van der Waals surface area (Å²) >= 11 is 0. The molecule has 1 amide bonds. The van der Waals surface area contributed by atoms with E-state index in [0.717, 1.165) is 32.4 Å². The summed E-state index contributed by atoms with van der Waals surface area (Å²) in [5.74, 6) is 0.664. The van der Waals surface area contributed by atoms with Gasteiger partial charge in [-0.05, 0) is 42.7 Å². The van der Waals surface area contributed by atoms with E-state index < -0.39 is 0 Å². The maximum Gasteiger partial charge on any atom is 0.292 e. The lowest BCUT2D eigenvalue weighted by molar-refractivity contribution is 0.0535. The second-order valence-corrected chi connectivity index (χ2v) is 6.90. The molecule has 1 aliphatic heterocycles. The molecule has 1 saturated heterocycles. The van der Waals surface area contributed by atoms with Crippen LogP contribution in [0, 0.1) is 22.7 Å². The fourth-order valence-electron chi connectivity index (χ4n) is 4.05. The Hall–Kier alpha value is -2.68. The highest BCUT2D eigenvalue weighted by molar-refractivity contribution is 5.92. The molecule has 0 aromatic carbocycles. The van der Waals surface area contributed by atoms with Gasteiger partial charge in [0.2, 0.25) is 5.76 Å². The van der Waals surface area contributed by atoms with Crippen molar-refractivity contribution in [3.8, 4) is 17.5 Å². The number of carbonyl (C=O) groups excluding carboxylic acids is 1. The zero-order chi connectivity index (χ0) is 16.6. The molecule has 6 nitrogen and oxygen atoms in total. The maximum atomic E-state index is 12.6. The number of pyridine rings is 1. The smallest absolute Gasteiger partial charge is 0.292 e. The van der Waals surface area contributed by atoms with E-state index in [1.807, 2.05) is 23.1 Å². The highest BCUT2D eigenvalue weighted by Crippen LogP contribution is 2.52. The van der Waals surface area contributed by atoms with Gasteiger partial charge in [0.1, 0.15) is 5.69 Å². The number of nitrogens with zero attached hydrogens (tertiary/aromatic N) is 4. The first-order valence-electron chi connectivity index (χ1n) is 8.23. The van der Waals surface area contributed by atoms with Crippen molar-refractivity contribution in [3.63, 3.8) is 0 Å². The van der Waals surface area contributed by atoms with Crippen molar-refractivity contribution >= 4 is 5.91 Å².